The molecular formula is C18H17BrN2O3S. The second-order valence-electron chi connectivity index (χ2n) is 6.11. The van der Waals surface area contributed by atoms with E-state index in [1.165, 1.54) is 12.1 Å². The number of hydrogen-bond donors (Lipinski definition) is 2. The maximum absolute atomic E-state index is 12.7. The Morgan fingerprint density at radius 3 is 2.48 bits per heavy atom. The molecule has 0 atom stereocenters. The molecule has 1 aliphatic heterocycles. The third-order valence-electron chi connectivity index (χ3n) is 3.96. The molecule has 2 aromatic carbocycles. The van der Waals surface area contributed by atoms with E-state index in [1.54, 1.807) is 24.3 Å². The van der Waals surface area contributed by atoms with Crippen molar-refractivity contribution in [3.8, 4) is 0 Å². The Morgan fingerprint density at radius 2 is 1.84 bits per heavy atom. The molecule has 2 N–H and O–H groups in total. The van der Waals surface area contributed by atoms with E-state index in [-0.39, 0.29) is 10.8 Å². The maximum atomic E-state index is 12.7. The van der Waals surface area contributed by atoms with Gasteiger partial charge < -0.3 is 5.32 Å². The fourth-order valence-electron chi connectivity index (χ4n) is 2.73. The van der Waals surface area contributed by atoms with Crippen LogP contribution in [0.1, 0.15) is 25.0 Å². The van der Waals surface area contributed by atoms with E-state index in [4.69, 9.17) is 0 Å². The molecule has 130 valence electrons. The number of sulfonamides is 1. The van der Waals surface area contributed by atoms with Crippen LogP contribution in [0.2, 0.25) is 0 Å². The molecule has 0 spiro atoms. The van der Waals surface area contributed by atoms with Gasteiger partial charge in [0.25, 0.3) is 15.9 Å². The lowest BCUT2D eigenvalue weighted by molar-refractivity contribution is -0.110. The number of nitrogens with one attached hydrogen (secondary N) is 2. The molecule has 25 heavy (non-hydrogen) atoms. The number of carbonyl (C=O) groups excluding carboxylic acids is 1. The van der Waals surface area contributed by atoms with Gasteiger partial charge >= 0.3 is 0 Å². The van der Waals surface area contributed by atoms with Crippen molar-refractivity contribution in [3.63, 3.8) is 0 Å². The van der Waals surface area contributed by atoms with Gasteiger partial charge in [-0.3, -0.25) is 9.52 Å². The van der Waals surface area contributed by atoms with E-state index >= 15 is 0 Å². The lowest BCUT2D eigenvalue weighted by Gasteiger charge is -2.11. The van der Waals surface area contributed by atoms with Crippen LogP contribution < -0.4 is 10.0 Å². The monoisotopic (exact) mass is 420 g/mol. The van der Waals surface area contributed by atoms with Crippen LogP contribution in [-0.2, 0) is 14.8 Å². The molecule has 1 aliphatic rings. The average Bonchev–Trinajstić information content (AvgIpc) is 2.85. The fourth-order valence-corrected chi connectivity index (χ4v) is 4.05. The number of hydrogen-bond acceptors (Lipinski definition) is 3. The lowest BCUT2D eigenvalue weighted by Crippen LogP contribution is -2.13. The van der Waals surface area contributed by atoms with E-state index in [9.17, 15) is 13.2 Å². The molecule has 7 heteroatoms. The summed E-state index contributed by atoms with van der Waals surface area (Å²) in [5.41, 5.74) is 4.00. The van der Waals surface area contributed by atoms with Crippen LogP contribution in [0.4, 0.5) is 11.4 Å². The second kappa shape index (κ2) is 6.31. The summed E-state index contributed by atoms with van der Waals surface area (Å²) in [4.78, 5) is 12.2. The molecule has 0 fully saturated rings. The molecule has 3 rings (SSSR count). The molecule has 1 heterocycles. The van der Waals surface area contributed by atoms with Gasteiger partial charge in [0, 0.05) is 27.0 Å². The molecule has 0 saturated carbocycles. The molecular weight excluding hydrogens is 404 g/mol. The highest BCUT2D eigenvalue weighted by atomic mass is 79.9. The Balaban J connectivity index is 2.01. The summed E-state index contributed by atoms with van der Waals surface area (Å²) in [6.07, 6.45) is 0. The van der Waals surface area contributed by atoms with Crippen LogP contribution in [0.3, 0.4) is 0 Å². The van der Waals surface area contributed by atoms with E-state index in [1.807, 2.05) is 20.8 Å². The maximum Gasteiger partial charge on any atom is 0.261 e. The van der Waals surface area contributed by atoms with E-state index < -0.39 is 10.0 Å². The summed E-state index contributed by atoms with van der Waals surface area (Å²) in [6, 6.07) is 9.87. The van der Waals surface area contributed by atoms with Crippen molar-refractivity contribution in [1.82, 2.24) is 0 Å². The molecule has 0 unspecified atom stereocenters. The van der Waals surface area contributed by atoms with Crippen LogP contribution in [0.5, 0.6) is 0 Å². The summed E-state index contributed by atoms with van der Waals surface area (Å²) < 4.78 is 28.9. The molecule has 0 radical (unpaired) electrons. The number of aryl methyl sites for hydroxylation is 1. The largest absolute Gasteiger partial charge is 0.321 e. The first kappa shape index (κ1) is 17.7. The zero-order valence-corrected chi connectivity index (χ0v) is 16.4. The smallest absolute Gasteiger partial charge is 0.261 e. The molecule has 5 nitrogen and oxygen atoms in total. The molecule has 1 amide bonds. The van der Waals surface area contributed by atoms with Gasteiger partial charge in [0.2, 0.25) is 0 Å². The van der Waals surface area contributed by atoms with Gasteiger partial charge in [-0.2, -0.15) is 0 Å². The molecule has 0 aromatic heterocycles. The van der Waals surface area contributed by atoms with Crippen molar-refractivity contribution in [1.29, 1.82) is 0 Å². The highest BCUT2D eigenvalue weighted by Crippen LogP contribution is 2.35. The van der Waals surface area contributed by atoms with Crippen molar-refractivity contribution in [2.75, 3.05) is 10.0 Å². The number of amides is 1. The Morgan fingerprint density at radius 1 is 1.12 bits per heavy atom. The van der Waals surface area contributed by atoms with Crippen molar-refractivity contribution in [3.05, 3.63) is 57.6 Å². The zero-order valence-electron chi connectivity index (χ0n) is 14.0. The van der Waals surface area contributed by atoms with Gasteiger partial charge in [-0.25, -0.2) is 8.42 Å². The Hall–Kier alpha value is -2.12. The van der Waals surface area contributed by atoms with Crippen LogP contribution >= 0.6 is 15.9 Å². The topological polar surface area (TPSA) is 75.3 Å². The minimum atomic E-state index is -3.76. The number of allylic oxidation sites excluding steroid dienone is 1. The third-order valence-corrected chi connectivity index (χ3v) is 6.22. The lowest BCUT2D eigenvalue weighted by atomic mass is 10.0. The first-order valence-electron chi connectivity index (χ1n) is 7.61. The number of carbonyl (C=O) groups is 1. The number of anilines is 2. The van der Waals surface area contributed by atoms with Crippen molar-refractivity contribution >= 4 is 48.8 Å². The first-order chi connectivity index (χ1) is 11.7. The second-order valence-corrected chi connectivity index (χ2v) is 8.64. The van der Waals surface area contributed by atoms with Gasteiger partial charge in [-0.15, -0.1) is 0 Å². The molecule has 0 bridgehead atoms. The van der Waals surface area contributed by atoms with E-state index in [0.717, 1.165) is 15.6 Å². The number of benzene rings is 2. The van der Waals surface area contributed by atoms with Crippen molar-refractivity contribution in [2.24, 2.45) is 0 Å². The number of halogens is 1. The van der Waals surface area contributed by atoms with Gasteiger partial charge in [-0.05, 0) is 62.7 Å². The standard InChI is InChI=1S/C18H17BrN2O3S/c1-10(2)17-14-9-13(5-7-16(14)20-18(17)22)25(23,24)21-12-4-6-15(19)11(3)8-12/h4-9,21H,1-3H3,(H,20,22). The third kappa shape index (κ3) is 3.34. The summed E-state index contributed by atoms with van der Waals surface area (Å²) in [6.45, 7) is 5.54. The minimum Gasteiger partial charge on any atom is -0.321 e. The van der Waals surface area contributed by atoms with Gasteiger partial charge in [-0.1, -0.05) is 21.5 Å². The normalized spacial score (nSPS) is 13.4. The van der Waals surface area contributed by atoms with Crippen molar-refractivity contribution in [2.45, 2.75) is 25.7 Å². The Kier molecular flexibility index (Phi) is 4.47. The predicted molar refractivity (Wildman–Crippen MR) is 103 cm³/mol. The summed E-state index contributed by atoms with van der Waals surface area (Å²) in [5, 5.41) is 2.75. The highest BCUT2D eigenvalue weighted by Gasteiger charge is 2.27. The first-order valence-corrected chi connectivity index (χ1v) is 9.89. The molecule has 2 aromatic rings. The zero-order chi connectivity index (χ0) is 18.4. The number of rotatable bonds is 3. The average molecular weight is 421 g/mol. The van der Waals surface area contributed by atoms with E-state index in [2.05, 4.69) is 26.0 Å². The Bertz CT molecular complexity index is 1020. The fraction of sp³-hybridized carbons (Fsp3) is 0.167. The molecule has 0 saturated heterocycles. The minimum absolute atomic E-state index is 0.113. The van der Waals surface area contributed by atoms with Crippen LogP contribution in [0.15, 0.2) is 51.3 Å². The van der Waals surface area contributed by atoms with Crippen LogP contribution in [0.25, 0.3) is 5.57 Å². The van der Waals surface area contributed by atoms with Gasteiger partial charge in [0.05, 0.1) is 4.90 Å². The highest BCUT2D eigenvalue weighted by molar-refractivity contribution is 9.10. The Labute approximate surface area is 155 Å². The van der Waals surface area contributed by atoms with Crippen molar-refractivity contribution < 1.29 is 13.2 Å². The summed E-state index contributed by atoms with van der Waals surface area (Å²) in [7, 11) is -3.76. The summed E-state index contributed by atoms with van der Waals surface area (Å²) in [5.74, 6) is -0.207. The SMILES string of the molecule is CC(C)=C1C(=O)Nc2ccc(S(=O)(=O)Nc3ccc(Br)c(C)c3)cc21. The summed E-state index contributed by atoms with van der Waals surface area (Å²) >= 11 is 3.39. The molecule has 0 aliphatic carbocycles. The van der Waals surface area contributed by atoms with Crippen LogP contribution in [0, 0.1) is 6.92 Å². The van der Waals surface area contributed by atoms with Gasteiger partial charge in [0.15, 0.2) is 0 Å². The number of fused-ring (bicyclic) bond motifs is 1. The van der Waals surface area contributed by atoms with E-state index in [0.29, 0.717) is 22.5 Å². The quantitative estimate of drug-likeness (QED) is 0.726. The van der Waals surface area contributed by atoms with Gasteiger partial charge in [0.1, 0.15) is 0 Å². The van der Waals surface area contributed by atoms with Crippen LogP contribution in [-0.4, -0.2) is 14.3 Å². The predicted octanol–water partition coefficient (Wildman–Crippen LogP) is 4.30.